The van der Waals surface area contributed by atoms with Gasteiger partial charge in [-0.15, -0.1) is 5.10 Å². The topological polar surface area (TPSA) is 166 Å². The molecule has 0 bridgehead atoms. The lowest BCUT2D eigenvalue weighted by Gasteiger charge is -2.15. The Morgan fingerprint density at radius 3 is 2.44 bits per heavy atom. The molecular weight excluding hydrogens is 612 g/mol. The second-order valence-corrected chi connectivity index (χ2v) is 11.1. The third-order valence-electron chi connectivity index (χ3n) is 7.57. The number of carbonyl (C=O) groups excluding carboxylic acids is 1. The first-order valence-corrected chi connectivity index (χ1v) is 15.1. The van der Waals surface area contributed by atoms with Crippen LogP contribution in [-0.2, 0) is 30.9 Å². The number of imidazole rings is 1. The Morgan fingerprint density at radius 1 is 1.02 bits per heavy atom. The summed E-state index contributed by atoms with van der Waals surface area (Å²) in [5, 5.41) is 7.22. The molecule has 2 unspecified atom stereocenters. The summed E-state index contributed by atoms with van der Waals surface area (Å²) in [4.78, 5) is 59.6. The molecule has 48 heavy (non-hydrogen) atoms. The van der Waals surface area contributed by atoms with Gasteiger partial charge in [-0.2, -0.15) is 0 Å². The molecule has 0 saturated heterocycles. The molecule has 3 aromatic heterocycles. The maximum absolute atomic E-state index is 13.6. The van der Waals surface area contributed by atoms with E-state index in [0.29, 0.717) is 18.1 Å². The molecule has 2 N–H and O–H groups in total. The minimum absolute atomic E-state index is 0.0154. The van der Waals surface area contributed by atoms with Crippen molar-refractivity contribution in [3.05, 3.63) is 99.2 Å². The third kappa shape index (κ3) is 7.44. The summed E-state index contributed by atoms with van der Waals surface area (Å²) in [6.07, 6.45) is 1.53. The van der Waals surface area contributed by atoms with Gasteiger partial charge in [0.05, 0.1) is 38.1 Å². The van der Waals surface area contributed by atoms with E-state index in [9.17, 15) is 14.4 Å². The van der Waals surface area contributed by atoms with Crippen LogP contribution in [0.1, 0.15) is 18.1 Å². The largest absolute Gasteiger partial charge is 0.489 e. The maximum atomic E-state index is 13.6. The molecule has 246 valence electrons. The quantitative estimate of drug-likeness (QED) is 0.156. The van der Waals surface area contributed by atoms with Gasteiger partial charge in [0.2, 0.25) is 5.91 Å². The average Bonchev–Trinajstić information content (AvgIpc) is 3.72. The van der Waals surface area contributed by atoms with Crippen molar-refractivity contribution in [3.63, 3.8) is 0 Å². The van der Waals surface area contributed by atoms with E-state index in [4.69, 9.17) is 4.74 Å². The van der Waals surface area contributed by atoms with Crippen LogP contribution >= 0.6 is 0 Å². The molecule has 0 aliphatic carbocycles. The second kappa shape index (κ2) is 14.9. The highest BCUT2D eigenvalue weighted by molar-refractivity contribution is 5.92. The molecule has 5 aromatic rings. The zero-order valence-corrected chi connectivity index (χ0v) is 26.6. The number of amides is 1. The number of hydrogen-bond donors (Lipinski definition) is 2. The van der Waals surface area contributed by atoms with Gasteiger partial charge in [0.15, 0.2) is 17.3 Å². The third-order valence-corrected chi connectivity index (χ3v) is 7.57. The van der Waals surface area contributed by atoms with Gasteiger partial charge in [-0.25, -0.2) is 14.5 Å². The van der Waals surface area contributed by atoms with Crippen LogP contribution in [0.15, 0.2) is 91.8 Å². The van der Waals surface area contributed by atoms with Gasteiger partial charge in [0, 0.05) is 12.3 Å². The summed E-state index contributed by atoms with van der Waals surface area (Å²) in [5.41, 5.74) is 1.30. The number of aromatic amines is 1. The zero-order chi connectivity index (χ0) is 34.2. The van der Waals surface area contributed by atoms with Crippen molar-refractivity contribution >= 4 is 49.2 Å². The van der Waals surface area contributed by atoms with Crippen molar-refractivity contribution in [1.82, 2.24) is 28.9 Å². The van der Waals surface area contributed by atoms with Gasteiger partial charge in [0.1, 0.15) is 23.6 Å². The summed E-state index contributed by atoms with van der Waals surface area (Å²) >= 11 is 0. The molecule has 0 aliphatic rings. The molecule has 2 aromatic carbocycles. The lowest BCUT2D eigenvalue weighted by molar-refractivity contribution is -0.115. The number of ether oxygens (including phenoxy) is 1. The van der Waals surface area contributed by atoms with E-state index >= 15 is 0 Å². The Morgan fingerprint density at radius 2 is 1.77 bits per heavy atom. The fraction of sp³-hybridized carbons (Fsp3) is 0.235. The maximum Gasteiger partial charge on any atom is 0.332 e. The molecule has 1 amide bonds. The lowest BCUT2D eigenvalue weighted by Crippen LogP contribution is -2.43. The van der Waals surface area contributed by atoms with Crippen LogP contribution in [0.2, 0.25) is 0 Å². The van der Waals surface area contributed by atoms with Crippen molar-refractivity contribution in [2.75, 3.05) is 11.9 Å². The standard InChI is InChI=1S/C34H36N10O4/c1-6-44-27(17-28(41-44)38-29(45)16-23-12-14-26(15-13-23)48-21-24-10-8-7-9-11-24)31-39-30-32(40-31)42(20-25(37-5)18-35-3)34(47)43(33(30)46)19-22(2)36-4/h6-15,17,22,25H,1,3-5,16,18-21H2,2H3,(H,39,40)(H,38,41,45). The summed E-state index contributed by atoms with van der Waals surface area (Å²) < 4.78 is 9.68. The van der Waals surface area contributed by atoms with Crippen molar-refractivity contribution in [2.24, 2.45) is 15.0 Å². The molecule has 0 radical (unpaired) electrons. The van der Waals surface area contributed by atoms with Gasteiger partial charge >= 0.3 is 5.69 Å². The molecule has 0 spiro atoms. The van der Waals surface area contributed by atoms with E-state index in [-0.39, 0.29) is 54.8 Å². The number of fused-ring (bicyclic) bond motifs is 1. The zero-order valence-electron chi connectivity index (χ0n) is 26.6. The number of carbonyl (C=O) groups is 1. The summed E-state index contributed by atoms with van der Waals surface area (Å²) in [7, 11) is 0. The highest BCUT2D eigenvalue weighted by Gasteiger charge is 2.23. The van der Waals surface area contributed by atoms with Gasteiger partial charge in [-0.05, 0) is 50.3 Å². The highest BCUT2D eigenvalue weighted by Crippen LogP contribution is 2.23. The van der Waals surface area contributed by atoms with Crippen LogP contribution in [0.4, 0.5) is 5.82 Å². The van der Waals surface area contributed by atoms with Crippen LogP contribution < -0.4 is 21.3 Å². The predicted octanol–water partition coefficient (Wildman–Crippen LogP) is 3.47. The Hall–Kier alpha value is -6.18. The van der Waals surface area contributed by atoms with E-state index in [1.807, 2.05) is 54.6 Å². The number of nitrogens with zero attached hydrogens (tertiary/aromatic N) is 8. The lowest BCUT2D eigenvalue weighted by atomic mass is 10.1. The monoisotopic (exact) mass is 648 g/mol. The second-order valence-electron chi connectivity index (χ2n) is 11.1. The Bertz CT molecular complexity index is 2070. The van der Waals surface area contributed by atoms with E-state index in [1.165, 1.54) is 15.4 Å². The first-order valence-electron chi connectivity index (χ1n) is 15.1. The number of benzene rings is 2. The normalized spacial score (nSPS) is 12.3. The Labute approximate surface area is 275 Å². The van der Waals surface area contributed by atoms with Crippen LogP contribution in [-0.4, -0.2) is 73.6 Å². The number of H-pyrrole nitrogens is 1. The number of aliphatic imine (C=N–C) groups is 3. The van der Waals surface area contributed by atoms with Crippen LogP contribution in [0.5, 0.6) is 5.75 Å². The number of hydrogen-bond acceptors (Lipinski definition) is 9. The summed E-state index contributed by atoms with van der Waals surface area (Å²) in [6.45, 7) is 16.9. The van der Waals surface area contributed by atoms with E-state index in [1.54, 1.807) is 13.0 Å². The Kier molecular flexibility index (Phi) is 10.3. The van der Waals surface area contributed by atoms with Gasteiger partial charge in [-0.1, -0.05) is 49.0 Å². The number of nitrogens with one attached hydrogen (secondary N) is 2. The smallest absolute Gasteiger partial charge is 0.332 e. The van der Waals surface area contributed by atoms with Crippen LogP contribution in [0.3, 0.4) is 0 Å². The minimum atomic E-state index is -0.584. The van der Waals surface area contributed by atoms with E-state index in [2.05, 4.69) is 62.1 Å². The van der Waals surface area contributed by atoms with Crippen molar-refractivity contribution in [1.29, 1.82) is 0 Å². The van der Waals surface area contributed by atoms with E-state index in [0.717, 1.165) is 15.7 Å². The predicted molar refractivity (Wildman–Crippen MR) is 189 cm³/mol. The fourth-order valence-electron chi connectivity index (χ4n) is 5.06. The van der Waals surface area contributed by atoms with Crippen molar-refractivity contribution in [2.45, 2.75) is 45.1 Å². The summed E-state index contributed by atoms with van der Waals surface area (Å²) in [5.74, 6) is 0.873. The first kappa shape index (κ1) is 33.2. The minimum Gasteiger partial charge on any atom is -0.489 e. The molecule has 0 aliphatic heterocycles. The SMILES string of the molecule is C=Cn1nc(NC(=O)Cc2ccc(OCc3ccccc3)cc2)cc1-c1nc2c([nH]1)c(=O)n(CC(C)N=C)c(=O)n2CC(CN=C)N=C. The fourth-order valence-corrected chi connectivity index (χ4v) is 5.06. The van der Waals surface area contributed by atoms with Crippen molar-refractivity contribution in [3.8, 4) is 17.3 Å². The molecule has 0 saturated carbocycles. The molecule has 2 atom stereocenters. The molecule has 14 heteroatoms. The van der Waals surface area contributed by atoms with Gasteiger partial charge in [-0.3, -0.25) is 33.7 Å². The number of anilines is 1. The number of rotatable bonds is 16. The van der Waals surface area contributed by atoms with Crippen molar-refractivity contribution < 1.29 is 9.53 Å². The molecule has 0 fully saturated rings. The first-order chi connectivity index (χ1) is 23.2. The highest BCUT2D eigenvalue weighted by atomic mass is 16.5. The molecule has 14 nitrogen and oxygen atoms in total. The van der Waals surface area contributed by atoms with Crippen LogP contribution in [0, 0.1) is 0 Å². The Balaban J connectivity index is 1.39. The van der Waals surface area contributed by atoms with E-state index < -0.39 is 23.3 Å². The van der Waals surface area contributed by atoms with Gasteiger partial charge < -0.3 is 15.0 Å². The molecule has 3 heterocycles. The van der Waals surface area contributed by atoms with Gasteiger partial charge in [0.25, 0.3) is 5.56 Å². The van der Waals surface area contributed by atoms with Crippen LogP contribution in [0.25, 0.3) is 28.9 Å². The molecule has 5 rings (SSSR count). The molecular formula is C34H36N10O4. The summed E-state index contributed by atoms with van der Waals surface area (Å²) in [6, 6.07) is 17.9. The number of aromatic nitrogens is 6. The average molecular weight is 649 g/mol.